The van der Waals surface area contributed by atoms with Gasteiger partial charge in [-0.25, -0.2) is 15.0 Å². The lowest BCUT2D eigenvalue weighted by molar-refractivity contribution is 1.07. The van der Waals surface area contributed by atoms with Crippen LogP contribution in [0, 0.1) is 0 Å². The van der Waals surface area contributed by atoms with E-state index in [0.29, 0.717) is 22.5 Å². The van der Waals surface area contributed by atoms with Crippen LogP contribution < -0.4 is 0 Å². The van der Waals surface area contributed by atoms with Gasteiger partial charge in [0.1, 0.15) is 0 Å². The lowest BCUT2D eigenvalue weighted by atomic mass is 9.91. The molecule has 6 aromatic carbocycles. The molecule has 0 aliphatic heterocycles. The molecule has 0 radical (unpaired) electrons. The van der Waals surface area contributed by atoms with E-state index in [4.69, 9.17) is 26.6 Å². The summed E-state index contributed by atoms with van der Waals surface area (Å²) in [4.78, 5) is 19.3. The summed E-state index contributed by atoms with van der Waals surface area (Å²) in [5.74, 6) is 1.91. The van der Waals surface area contributed by atoms with Gasteiger partial charge in [-0.05, 0) is 56.9 Å². The van der Waals surface area contributed by atoms with E-state index >= 15 is 0 Å². The average molecular weight is 571 g/mol. The molecule has 0 aliphatic rings. The summed E-state index contributed by atoms with van der Waals surface area (Å²) >= 11 is 6.71. The van der Waals surface area contributed by atoms with Crippen LogP contribution in [0.15, 0.2) is 140 Å². The maximum atomic E-state index is 6.71. The van der Waals surface area contributed by atoms with Gasteiger partial charge in [-0.3, -0.25) is 4.98 Å². The fraction of sp³-hybridized carbons (Fsp3) is 0. The SMILES string of the molecule is Clc1cc2c3ccccc3c(-c3cccc(-c4nc(-c5ccccc5)nc(-c5ccccc5)n4)c3)cc2c2cccnc12. The first-order chi connectivity index (χ1) is 21.2. The van der Waals surface area contributed by atoms with Crippen molar-refractivity contribution in [1.82, 2.24) is 19.9 Å². The lowest BCUT2D eigenvalue weighted by Gasteiger charge is -2.14. The Bertz CT molecular complexity index is 2240. The minimum atomic E-state index is 0.626. The molecule has 0 unspecified atom stereocenters. The molecule has 0 bridgehead atoms. The predicted octanol–water partition coefficient (Wildman–Crippen LogP) is 10.0. The number of hydrogen-bond donors (Lipinski definition) is 0. The van der Waals surface area contributed by atoms with Crippen LogP contribution in [0.3, 0.4) is 0 Å². The lowest BCUT2D eigenvalue weighted by Crippen LogP contribution is -2.00. The van der Waals surface area contributed by atoms with E-state index in [2.05, 4.69) is 65.6 Å². The molecule has 0 atom stereocenters. The van der Waals surface area contributed by atoms with Crippen LogP contribution >= 0.6 is 11.6 Å². The molecule has 202 valence electrons. The quantitative estimate of drug-likeness (QED) is 0.197. The van der Waals surface area contributed by atoms with Crippen molar-refractivity contribution in [3.8, 4) is 45.3 Å². The first kappa shape index (κ1) is 25.3. The number of aromatic nitrogens is 4. The molecule has 0 fully saturated rings. The number of hydrogen-bond acceptors (Lipinski definition) is 4. The molecule has 0 amide bonds. The number of benzene rings is 6. The number of pyridine rings is 1. The Balaban J connectivity index is 1.35. The highest BCUT2D eigenvalue weighted by atomic mass is 35.5. The van der Waals surface area contributed by atoms with Crippen molar-refractivity contribution in [2.24, 2.45) is 0 Å². The van der Waals surface area contributed by atoms with Crippen LogP contribution in [0.4, 0.5) is 0 Å². The van der Waals surface area contributed by atoms with E-state index in [1.165, 1.54) is 0 Å². The number of halogens is 1. The van der Waals surface area contributed by atoms with Gasteiger partial charge in [-0.2, -0.15) is 0 Å². The zero-order valence-electron chi connectivity index (χ0n) is 22.9. The zero-order chi connectivity index (χ0) is 28.8. The summed E-state index contributed by atoms with van der Waals surface area (Å²) < 4.78 is 0. The minimum Gasteiger partial charge on any atom is -0.255 e. The third kappa shape index (κ3) is 4.49. The number of rotatable bonds is 4. The van der Waals surface area contributed by atoms with Gasteiger partial charge in [-0.15, -0.1) is 0 Å². The summed E-state index contributed by atoms with van der Waals surface area (Å²) in [6.45, 7) is 0. The second-order valence-electron chi connectivity index (χ2n) is 10.4. The summed E-state index contributed by atoms with van der Waals surface area (Å²) in [5, 5.41) is 6.21. The highest BCUT2D eigenvalue weighted by Gasteiger charge is 2.16. The Kier molecular flexibility index (Phi) is 6.13. The molecule has 4 nitrogen and oxygen atoms in total. The molecule has 43 heavy (non-hydrogen) atoms. The van der Waals surface area contributed by atoms with Crippen LogP contribution in [-0.2, 0) is 0 Å². The van der Waals surface area contributed by atoms with Gasteiger partial charge in [0.15, 0.2) is 17.5 Å². The van der Waals surface area contributed by atoms with Gasteiger partial charge in [0.25, 0.3) is 0 Å². The van der Waals surface area contributed by atoms with Crippen molar-refractivity contribution < 1.29 is 0 Å². The van der Waals surface area contributed by atoms with Crippen LogP contribution in [0.1, 0.15) is 0 Å². The Hall–Kier alpha value is -5.45. The Morgan fingerprint density at radius 1 is 0.395 bits per heavy atom. The van der Waals surface area contributed by atoms with Gasteiger partial charge >= 0.3 is 0 Å². The molecular formula is C38H23ClN4. The largest absolute Gasteiger partial charge is 0.255 e. The van der Waals surface area contributed by atoms with Crippen molar-refractivity contribution in [3.05, 3.63) is 145 Å². The van der Waals surface area contributed by atoms with Gasteiger partial charge in [-0.1, -0.05) is 121 Å². The molecule has 8 aromatic rings. The third-order valence-corrected chi connectivity index (χ3v) is 8.10. The van der Waals surface area contributed by atoms with Crippen LogP contribution in [0.25, 0.3) is 77.7 Å². The summed E-state index contributed by atoms with van der Waals surface area (Å²) in [5.41, 5.74) is 5.81. The standard InChI is InChI=1S/C38H23ClN4/c39-34-23-33-29-18-8-7-17-28(29)31(22-32(33)30-19-10-20-40-35(30)34)26-15-9-16-27(21-26)38-42-36(24-11-3-1-4-12-24)41-37(43-38)25-13-5-2-6-14-25/h1-23H. The zero-order valence-corrected chi connectivity index (χ0v) is 23.7. The summed E-state index contributed by atoms with van der Waals surface area (Å²) in [6.07, 6.45) is 1.79. The highest BCUT2D eigenvalue weighted by molar-refractivity contribution is 6.38. The van der Waals surface area contributed by atoms with Crippen molar-refractivity contribution in [2.75, 3.05) is 0 Å². The molecular weight excluding hydrogens is 548 g/mol. The second kappa shape index (κ2) is 10.4. The van der Waals surface area contributed by atoms with E-state index in [-0.39, 0.29) is 0 Å². The molecule has 0 aliphatic carbocycles. The second-order valence-corrected chi connectivity index (χ2v) is 10.8. The maximum Gasteiger partial charge on any atom is 0.164 e. The van der Waals surface area contributed by atoms with Gasteiger partial charge in [0.2, 0.25) is 0 Å². The number of fused-ring (bicyclic) bond motifs is 5. The summed E-state index contributed by atoms with van der Waals surface area (Å²) in [6, 6.07) is 45.4. The minimum absolute atomic E-state index is 0.626. The first-order valence-electron chi connectivity index (χ1n) is 14.1. The van der Waals surface area contributed by atoms with Gasteiger partial charge in [0.05, 0.1) is 10.5 Å². The Morgan fingerprint density at radius 2 is 0.930 bits per heavy atom. The molecule has 8 rings (SSSR count). The highest BCUT2D eigenvalue weighted by Crippen LogP contribution is 2.40. The fourth-order valence-corrected chi connectivity index (χ4v) is 6.05. The smallest absolute Gasteiger partial charge is 0.164 e. The van der Waals surface area contributed by atoms with E-state index in [1.807, 2.05) is 72.8 Å². The van der Waals surface area contributed by atoms with Crippen LogP contribution in [0.2, 0.25) is 5.02 Å². The number of nitrogens with zero attached hydrogens (tertiary/aromatic N) is 4. The Morgan fingerprint density at radius 3 is 1.63 bits per heavy atom. The monoisotopic (exact) mass is 570 g/mol. The van der Waals surface area contributed by atoms with Crippen LogP contribution in [-0.4, -0.2) is 19.9 Å². The first-order valence-corrected chi connectivity index (χ1v) is 14.5. The molecule has 0 saturated carbocycles. The van der Waals surface area contributed by atoms with E-state index in [9.17, 15) is 0 Å². The van der Waals surface area contributed by atoms with E-state index in [0.717, 1.165) is 60.3 Å². The third-order valence-electron chi connectivity index (χ3n) is 7.81. The van der Waals surface area contributed by atoms with Crippen molar-refractivity contribution >= 4 is 44.0 Å². The Labute approximate surface area is 253 Å². The average Bonchev–Trinajstić information content (AvgIpc) is 3.09. The molecule has 0 spiro atoms. The van der Waals surface area contributed by atoms with Gasteiger partial charge in [0, 0.05) is 28.3 Å². The normalized spacial score (nSPS) is 11.4. The molecule has 0 saturated heterocycles. The van der Waals surface area contributed by atoms with Gasteiger partial charge < -0.3 is 0 Å². The summed E-state index contributed by atoms with van der Waals surface area (Å²) in [7, 11) is 0. The molecule has 5 heteroatoms. The van der Waals surface area contributed by atoms with E-state index in [1.54, 1.807) is 6.20 Å². The van der Waals surface area contributed by atoms with Crippen molar-refractivity contribution in [2.45, 2.75) is 0 Å². The molecule has 2 heterocycles. The molecule has 2 aromatic heterocycles. The van der Waals surface area contributed by atoms with Crippen molar-refractivity contribution in [3.63, 3.8) is 0 Å². The maximum absolute atomic E-state index is 6.71. The topological polar surface area (TPSA) is 51.6 Å². The van der Waals surface area contributed by atoms with E-state index < -0.39 is 0 Å². The molecule has 0 N–H and O–H groups in total. The van der Waals surface area contributed by atoms with Crippen LogP contribution in [0.5, 0.6) is 0 Å². The van der Waals surface area contributed by atoms with Crippen molar-refractivity contribution in [1.29, 1.82) is 0 Å². The fourth-order valence-electron chi connectivity index (χ4n) is 5.79. The predicted molar refractivity (Wildman–Crippen MR) is 177 cm³/mol.